The number of imidazole rings is 1. The summed E-state index contributed by atoms with van der Waals surface area (Å²) in [6.07, 6.45) is 4.73. The fourth-order valence-electron chi connectivity index (χ4n) is 3.48. The van der Waals surface area contributed by atoms with Gasteiger partial charge >= 0.3 is 6.61 Å². The minimum absolute atomic E-state index is 0.0785. The molecule has 0 amide bonds. The normalized spacial score (nSPS) is 12.0. The summed E-state index contributed by atoms with van der Waals surface area (Å²) in [5.74, 6) is -0.206. The number of aryl methyl sites for hydroxylation is 1. The molecule has 0 bridgehead atoms. The highest BCUT2D eigenvalue weighted by Crippen LogP contribution is 2.28. The van der Waals surface area contributed by atoms with Crippen molar-refractivity contribution in [2.75, 3.05) is 0 Å². The van der Waals surface area contributed by atoms with Crippen molar-refractivity contribution in [1.29, 1.82) is 0 Å². The molecule has 4 aromatic rings. The van der Waals surface area contributed by atoms with Crippen LogP contribution in [0.3, 0.4) is 0 Å². The molecule has 1 aromatic carbocycles. The van der Waals surface area contributed by atoms with Gasteiger partial charge in [0.25, 0.3) is 0 Å². The average molecular weight is 442 g/mol. The second-order valence-corrected chi connectivity index (χ2v) is 7.92. The van der Waals surface area contributed by atoms with Gasteiger partial charge in [-0.05, 0) is 26.8 Å². The lowest BCUT2D eigenvalue weighted by Gasteiger charge is -2.15. The van der Waals surface area contributed by atoms with Crippen molar-refractivity contribution in [3.8, 4) is 16.9 Å². The summed E-state index contributed by atoms with van der Waals surface area (Å²) < 4.78 is 46.8. The second-order valence-electron chi connectivity index (χ2n) is 7.92. The van der Waals surface area contributed by atoms with Crippen molar-refractivity contribution >= 4 is 5.65 Å². The number of alkyl halides is 2. The monoisotopic (exact) mass is 442 g/mol. The number of halogens is 3. The van der Waals surface area contributed by atoms with Crippen molar-refractivity contribution in [3.05, 3.63) is 77.5 Å². The number of hydrogen-bond donors (Lipinski definition) is 1. The van der Waals surface area contributed by atoms with Crippen molar-refractivity contribution in [2.45, 2.75) is 39.4 Å². The Morgan fingerprint density at radius 2 is 1.84 bits per heavy atom. The number of aliphatic hydroxyl groups is 1. The first-order valence-electron chi connectivity index (χ1n) is 9.88. The molecular formula is C23H21F3N4O2. The maximum atomic E-state index is 14.9. The maximum absolute atomic E-state index is 14.9. The van der Waals surface area contributed by atoms with Gasteiger partial charge in [0.1, 0.15) is 22.8 Å². The smallest absolute Gasteiger partial charge is 0.387 e. The van der Waals surface area contributed by atoms with Crippen molar-refractivity contribution < 1.29 is 23.0 Å². The lowest BCUT2D eigenvalue weighted by Crippen LogP contribution is -2.19. The highest BCUT2D eigenvalue weighted by atomic mass is 19.3. The van der Waals surface area contributed by atoms with Crippen LogP contribution in [0.15, 0.2) is 48.9 Å². The molecule has 0 saturated carbocycles. The Bertz CT molecular complexity index is 1260. The number of nitrogens with zero attached hydrogens (tertiary/aromatic N) is 4. The summed E-state index contributed by atoms with van der Waals surface area (Å²) in [5, 5.41) is 10.0. The predicted molar refractivity (Wildman–Crippen MR) is 112 cm³/mol. The zero-order chi connectivity index (χ0) is 23.0. The second kappa shape index (κ2) is 8.23. The molecule has 3 heterocycles. The molecule has 4 rings (SSSR count). The number of benzene rings is 1. The Hall–Kier alpha value is -3.46. The predicted octanol–water partition coefficient (Wildman–Crippen LogP) is 4.66. The van der Waals surface area contributed by atoms with E-state index in [0.717, 1.165) is 0 Å². The summed E-state index contributed by atoms with van der Waals surface area (Å²) in [6.45, 7) is 1.96. The molecule has 32 heavy (non-hydrogen) atoms. The molecule has 0 fully saturated rings. The molecule has 0 aliphatic heterocycles. The molecule has 0 aliphatic rings. The number of pyridine rings is 1. The number of ether oxygens (including phenoxy) is 1. The van der Waals surface area contributed by atoms with Crippen LogP contribution in [0, 0.1) is 12.7 Å². The van der Waals surface area contributed by atoms with Crippen LogP contribution in [0.25, 0.3) is 16.8 Å². The molecular weight excluding hydrogens is 421 g/mol. The Morgan fingerprint density at radius 3 is 2.50 bits per heavy atom. The lowest BCUT2D eigenvalue weighted by molar-refractivity contribution is -0.0504. The topological polar surface area (TPSA) is 72.5 Å². The van der Waals surface area contributed by atoms with E-state index in [4.69, 9.17) is 0 Å². The first-order valence-corrected chi connectivity index (χ1v) is 9.88. The Balaban J connectivity index is 1.77. The quantitative estimate of drug-likeness (QED) is 0.470. The van der Waals surface area contributed by atoms with Crippen LogP contribution in [0.2, 0.25) is 0 Å². The van der Waals surface area contributed by atoms with Crippen LogP contribution in [0.1, 0.15) is 36.6 Å². The number of rotatable bonds is 6. The minimum atomic E-state index is -2.94. The SMILES string of the molecule is Cc1nc2cc(F)c(-c3cnc(C(C)(C)O)nc3)cn2c1Cc1ccccc1OC(F)F. The number of hydrogen-bond acceptors (Lipinski definition) is 5. The van der Waals surface area contributed by atoms with E-state index in [9.17, 15) is 18.3 Å². The zero-order valence-corrected chi connectivity index (χ0v) is 17.7. The highest BCUT2D eigenvalue weighted by molar-refractivity contribution is 5.64. The van der Waals surface area contributed by atoms with E-state index in [0.29, 0.717) is 28.2 Å². The zero-order valence-electron chi connectivity index (χ0n) is 17.7. The Morgan fingerprint density at radius 1 is 1.16 bits per heavy atom. The van der Waals surface area contributed by atoms with Gasteiger partial charge in [-0.3, -0.25) is 0 Å². The van der Waals surface area contributed by atoms with Gasteiger partial charge in [-0.25, -0.2) is 19.3 Å². The molecule has 0 radical (unpaired) electrons. The fraction of sp³-hybridized carbons (Fsp3) is 0.261. The molecule has 9 heteroatoms. The molecule has 166 valence electrons. The van der Waals surface area contributed by atoms with E-state index in [1.807, 2.05) is 0 Å². The molecule has 0 saturated heterocycles. The summed E-state index contributed by atoms with van der Waals surface area (Å²) in [7, 11) is 0. The summed E-state index contributed by atoms with van der Waals surface area (Å²) in [4.78, 5) is 12.7. The van der Waals surface area contributed by atoms with Crippen molar-refractivity contribution in [1.82, 2.24) is 19.4 Å². The molecule has 0 aliphatic carbocycles. The summed E-state index contributed by atoms with van der Waals surface area (Å²) >= 11 is 0. The third-order valence-electron chi connectivity index (χ3n) is 5.07. The van der Waals surface area contributed by atoms with Gasteiger partial charge in [-0.15, -0.1) is 0 Å². The van der Waals surface area contributed by atoms with E-state index in [1.165, 1.54) is 24.5 Å². The third-order valence-corrected chi connectivity index (χ3v) is 5.07. The Kier molecular flexibility index (Phi) is 5.60. The molecule has 0 unspecified atom stereocenters. The van der Waals surface area contributed by atoms with Crippen LogP contribution >= 0.6 is 0 Å². The van der Waals surface area contributed by atoms with Crippen LogP contribution in [-0.4, -0.2) is 31.1 Å². The van der Waals surface area contributed by atoms with Gasteiger partial charge in [-0.1, -0.05) is 18.2 Å². The average Bonchev–Trinajstić information content (AvgIpc) is 3.02. The van der Waals surface area contributed by atoms with Crippen LogP contribution in [-0.2, 0) is 12.0 Å². The molecule has 6 nitrogen and oxygen atoms in total. The minimum Gasteiger partial charge on any atom is -0.435 e. The van der Waals surface area contributed by atoms with Gasteiger partial charge < -0.3 is 14.2 Å². The largest absolute Gasteiger partial charge is 0.435 e. The van der Waals surface area contributed by atoms with Gasteiger partial charge in [0.2, 0.25) is 0 Å². The fourth-order valence-corrected chi connectivity index (χ4v) is 3.48. The highest BCUT2D eigenvalue weighted by Gasteiger charge is 2.21. The molecule has 3 aromatic heterocycles. The molecule has 1 N–H and O–H groups in total. The number of aromatic nitrogens is 4. The first-order chi connectivity index (χ1) is 15.1. The van der Waals surface area contributed by atoms with E-state index in [-0.39, 0.29) is 23.6 Å². The van der Waals surface area contributed by atoms with Gasteiger partial charge in [-0.2, -0.15) is 8.78 Å². The van der Waals surface area contributed by atoms with E-state index >= 15 is 0 Å². The van der Waals surface area contributed by atoms with Crippen LogP contribution in [0.5, 0.6) is 5.75 Å². The summed E-state index contributed by atoms with van der Waals surface area (Å²) in [5.41, 5.74) is 1.75. The molecule has 0 atom stereocenters. The summed E-state index contributed by atoms with van der Waals surface area (Å²) in [6, 6.07) is 7.83. The standard InChI is InChI=1S/C23H21F3N4O2/c1-13-18(8-14-6-4-5-7-19(14)32-22(25)26)30-12-16(17(24)9-20(30)29-13)15-10-27-21(28-11-15)23(2,3)31/h4-7,9-12,22,31H,8H2,1-3H3. The van der Waals surface area contributed by atoms with Crippen LogP contribution in [0.4, 0.5) is 13.2 Å². The Labute approximate surface area is 182 Å². The van der Waals surface area contributed by atoms with Crippen molar-refractivity contribution in [3.63, 3.8) is 0 Å². The number of fused-ring (bicyclic) bond motifs is 1. The lowest BCUT2D eigenvalue weighted by atomic mass is 10.1. The van der Waals surface area contributed by atoms with Gasteiger partial charge in [0.05, 0.1) is 5.69 Å². The first kappa shape index (κ1) is 21.8. The van der Waals surface area contributed by atoms with Gasteiger partial charge in [0.15, 0.2) is 5.82 Å². The van der Waals surface area contributed by atoms with E-state index in [2.05, 4.69) is 19.7 Å². The van der Waals surface area contributed by atoms with Crippen LogP contribution < -0.4 is 4.74 Å². The maximum Gasteiger partial charge on any atom is 0.387 e. The van der Waals surface area contributed by atoms with Gasteiger partial charge in [0, 0.05) is 53.5 Å². The van der Waals surface area contributed by atoms with Crippen molar-refractivity contribution in [2.24, 2.45) is 0 Å². The van der Waals surface area contributed by atoms with E-state index in [1.54, 1.807) is 49.6 Å². The van der Waals surface area contributed by atoms with E-state index < -0.39 is 18.0 Å². The molecule has 0 spiro atoms. The number of para-hydroxylation sites is 1. The third kappa shape index (κ3) is 4.29.